The summed E-state index contributed by atoms with van der Waals surface area (Å²) in [6, 6.07) is 8.68. The van der Waals surface area contributed by atoms with Gasteiger partial charge in [0.1, 0.15) is 29.4 Å². The Bertz CT molecular complexity index is 1960. The summed E-state index contributed by atoms with van der Waals surface area (Å²) >= 11 is 0.899. The SMILES string of the molecule is CC(=O)OC(C)c1cc(-c2ccc(-c3cc(C(F)(F)F)c(C#N)c(=O)n3Cc3ccc(F)cc3F)s2)cnc1S(C)(=O)=O. The first kappa shape index (κ1) is 31.5. The van der Waals surface area contributed by atoms with Gasteiger partial charge in [0.05, 0.1) is 22.7 Å². The van der Waals surface area contributed by atoms with Crippen molar-refractivity contribution in [2.75, 3.05) is 6.26 Å². The molecule has 0 aliphatic carbocycles. The van der Waals surface area contributed by atoms with Crippen molar-refractivity contribution in [2.24, 2.45) is 0 Å². The van der Waals surface area contributed by atoms with E-state index in [2.05, 4.69) is 4.98 Å². The van der Waals surface area contributed by atoms with E-state index in [0.717, 1.165) is 41.2 Å². The summed E-state index contributed by atoms with van der Waals surface area (Å²) < 4.78 is 100. The van der Waals surface area contributed by atoms with Crippen LogP contribution in [-0.2, 0) is 32.1 Å². The first-order valence-electron chi connectivity index (χ1n) is 12.2. The zero-order chi connectivity index (χ0) is 31.9. The van der Waals surface area contributed by atoms with Crippen LogP contribution >= 0.6 is 11.3 Å². The van der Waals surface area contributed by atoms with Crippen LogP contribution in [0.15, 0.2) is 58.5 Å². The van der Waals surface area contributed by atoms with E-state index in [4.69, 9.17) is 4.74 Å². The van der Waals surface area contributed by atoms with Crippen molar-refractivity contribution in [3.63, 3.8) is 0 Å². The average Bonchev–Trinajstić information content (AvgIpc) is 3.39. The maximum Gasteiger partial charge on any atom is 0.417 e. The Morgan fingerprint density at radius 3 is 2.40 bits per heavy atom. The first-order chi connectivity index (χ1) is 20.0. The van der Waals surface area contributed by atoms with Gasteiger partial charge < -0.3 is 9.30 Å². The summed E-state index contributed by atoms with van der Waals surface area (Å²) in [5.74, 6) is -2.62. The summed E-state index contributed by atoms with van der Waals surface area (Å²) in [6.45, 7) is 1.97. The van der Waals surface area contributed by atoms with Gasteiger partial charge in [0.15, 0.2) is 14.9 Å². The van der Waals surface area contributed by atoms with Gasteiger partial charge >= 0.3 is 12.1 Å². The van der Waals surface area contributed by atoms with Crippen molar-refractivity contribution >= 4 is 27.1 Å². The highest BCUT2D eigenvalue weighted by Gasteiger charge is 2.37. The van der Waals surface area contributed by atoms with Crippen LogP contribution in [0.1, 0.15) is 42.2 Å². The fraction of sp³-hybridized carbons (Fsp3) is 0.214. The normalized spacial score (nSPS) is 12.5. The molecular weight excluding hydrogens is 617 g/mol. The number of carbonyl (C=O) groups is 1. The Labute approximate surface area is 245 Å². The van der Waals surface area contributed by atoms with Crippen LogP contribution in [0.4, 0.5) is 22.0 Å². The monoisotopic (exact) mass is 637 g/mol. The number of esters is 1. The van der Waals surface area contributed by atoms with E-state index in [1.165, 1.54) is 37.4 Å². The fourth-order valence-electron chi connectivity index (χ4n) is 4.31. The van der Waals surface area contributed by atoms with Gasteiger partial charge in [-0.15, -0.1) is 11.3 Å². The van der Waals surface area contributed by atoms with E-state index in [9.17, 15) is 45.2 Å². The van der Waals surface area contributed by atoms with Crippen molar-refractivity contribution < 1.29 is 39.9 Å². The second kappa shape index (κ2) is 11.7. The molecule has 43 heavy (non-hydrogen) atoms. The number of thiophene rings is 1. The topological polar surface area (TPSA) is 119 Å². The molecule has 1 unspecified atom stereocenters. The number of nitrogens with zero attached hydrogens (tertiary/aromatic N) is 3. The third kappa shape index (κ3) is 6.65. The minimum absolute atomic E-state index is 0.0616. The number of alkyl halides is 3. The molecule has 0 aliphatic rings. The molecule has 0 saturated heterocycles. The molecule has 0 saturated carbocycles. The van der Waals surface area contributed by atoms with Gasteiger partial charge in [-0.3, -0.25) is 9.59 Å². The summed E-state index contributed by atoms with van der Waals surface area (Å²) in [5, 5.41) is 9.06. The lowest BCUT2D eigenvalue weighted by Gasteiger charge is -2.17. The molecule has 0 aliphatic heterocycles. The number of nitriles is 1. The molecule has 8 nitrogen and oxygen atoms in total. The number of halogens is 5. The molecule has 1 atom stereocenters. The van der Waals surface area contributed by atoms with Crippen LogP contribution in [-0.4, -0.2) is 30.2 Å². The Morgan fingerprint density at radius 1 is 1.14 bits per heavy atom. The zero-order valence-corrected chi connectivity index (χ0v) is 24.1. The molecule has 224 valence electrons. The Balaban J connectivity index is 1.91. The number of ether oxygens (including phenoxy) is 1. The number of hydrogen-bond donors (Lipinski definition) is 0. The van der Waals surface area contributed by atoms with E-state index < -0.39 is 63.0 Å². The van der Waals surface area contributed by atoms with Crippen LogP contribution in [0, 0.1) is 23.0 Å². The van der Waals surface area contributed by atoms with Gasteiger partial charge in [-0.05, 0) is 37.3 Å². The van der Waals surface area contributed by atoms with E-state index in [1.54, 1.807) is 0 Å². The number of benzene rings is 1. The Morgan fingerprint density at radius 2 is 1.81 bits per heavy atom. The molecule has 0 spiro atoms. The number of aromatic nitrogens is 2. The largest absolute Gasteiger partial charge is 0.458 e. The molecule has 0 amide bonds. The van der Waals surface area contributed by atoms with Crippen LogP contribution in [0.5, 0.6) is 0 Å². The highest BCUT2D eigenvalue weighted by Crippen LogP contribution is 2.39. The second-order valence-electron chi connectivity index (χ2n) is 9.36. The standard InChI is InChI=1S/C28H20F5N3O5S2/c1-14(41-15(2)37)19-8-17(12-35-26(19)43(3,39)40)24-6-7-25(42-24)23-10-21(28(31,32)33)20(11-34)27(38)36(23)13-16-4-5-18(29)9-22(16)30/h4-10,12,14H,13H2,1-3H3. The van der Waals surface area contributed by atoms with Crippen LogP contribution in [0.3, 0.4) is 0 Å². The quantitative estimate of drug-likeness (QED) is 0.183. The molecule has 0 fully saturated rings. The summed E-state index contributed by atoms with van der Waals surface area (Å²) in [6.07, 6.45) is -3.95. The van der Waals surface area contributed by atoms with Crippen LogP contribution in [0.2, 0.25) is 0 Å². The van der Waals surface area contributed by atoms with E-state index in [0.29, 0.717) is 22.6 Å². The molecule has 3 heterocycles. The van der Waals surface area contributed by atoms with Gasteiger partial charge in [-0.1, -0.05) is 6.07 Å². The third-order valence-corrected chi connectivity index (χ3v) is 8.42. The van der Waals surface area contributed by atoms with Crippen molar-refractivity contribution in [2.45, 2.75) is 37.7 Å². The number of sulfone groups is 1. The predicted octanol–water partition coefficient (Wildman–Crippen LogP) is 5.88. The van der Waals surface area contributed by atoms with Gasteiger partial charge in [-0.2, -0.15) is 18.4 Å². The lowest BCUT2D eigenvalue weighted by molar-refractivity contribution is -0.146. The number of carbonyl (C=O) groups excluding carboxylic acids is 1. The summed E-state index contributed by atoms with van der Waals surface area (Å²) in [5.41, 5.74) is -4.15. The van der Waals surface area contributed by atoms with Gasteiger partial charge in [-0.25, -0.2) is 22.2 Å². The van der Waals surface area contributed by atoms with Crippen molar-refractivity contribution in [3.05, 3.63) is 92.9 Å². The first-order valence-corrected chi connectivity index (χ1v) is 14.9. The molecule has 0 N–H and O–H groups in total. The second-order valence-corrected chi connectivity index (χ2v) is 12.4. The third-order valence-electron chi connectivity index (χ3n) is 6.21. The zero-order valence-electron chi connectivity index (χ0n) is 22.5. The number of pyridine rings is 2. The van der Waals surface area contributed by atoms with Gasteiger partial charge in [0.25, 0.3) is 5.56 Å². The Kier molecular flexibility index (Phi) is 8.57. The van der Waals surface area contributed by atoms with E-state index in [-0.39, 0.29) is 26.7 Å². The molecule has 15 heteroatoms. The molecule has 0 bridgehead atoms. The average molecular weight is 638 g/mol. The molecule has 0 radical (unpaired) electrons. The highest BCUT2D eigenvalue weighted by atomic mass is 32.2. The van der Waals surface area contributed by atoms with Crippen molar-refractivity contribution in [1.82, 2.24) is 9.55 Å². The summed E-state index contributed by atoms with van der Waals surface area (Å²) in [4.78, 5) is 29.2. The molecular formula is C28H20F5N3O5S2. The van der Waals surface area contributed by atoms with E-state index >= 15 is 0 Å². The minimum atomic E-state index is -5.08. The lowest BCUT2D eigenvalue weighted by Crippen LogP contribution is -2.28. The lowest BCUT2D eigenvalue weighted by atomic mass is 10.1. The molecule has 1 aromatic carbocycles. The maximum absolute atomic E-state index is 14.5. The number of rotatable bonds is 7. The Hall–Kier alpha value is -4.42. The van der Waals surface area contributed by atoms with Crippen molar-refractivity contribution in [3.8, 4) is 27.1 Å². The van der Waals surface area contributed by atoms with Crippen LogP contribution < -0.4 is 5.56 Å². The molecule has 4 aromatic rings. The van der Waals surface area contributed by atoms with Gasteiger partial charge in [0.2, 0.25) is 0 Å². The predicted molar refractivity (Wildman–Crippen MR) is 146 cm³/mol. The highest BCUT2D eigenvalue weighted by molar-refractivity contribution is 7.90. The number of hydrogen-bond acceptors (Lipinski definition) is 8. The molecule has 4 rings (SSSR count). The molecule has 3 aromatic heterocycles. The van der Waals surface area contributed by atoms with Gasteiger partial charge in [0, 0.05) is 47.0 Å². The fourth-order valence-corrected chi connectivity index (χ4v) is 6.22. The van der Waals surface area contributed by atoms with E-state index in [1.807, 2.05) is 0 Å². The van der Waals surface area contributed by atoms with Crippen molar-refractivity contribution in [1.29, 1.82) is 5.26 Å². The smallest absolute Gasteiger partial charge is 0.417 e. The maximum atomic E-state index is 14.5. The van der Waals surface area contributed by atoms with Crippen LogP contribution in [0.25, 0.3) is 21.0 Å². The summed E-state index contributed by atoms with van der Waals surface area (Å²) in [7, 11) is -3.85. The minimum Gasteiger partial charge on any atom is -0.458 e.